The summed E-state index contributed by atoms with van der Waals surface area (Å²) in [6.45, 7) is 9.03. The van der Waals surface area contributed by atoms with Gasteiger partial charge >= 0.3 is 11.9 Å². The molecule has 1 unspecified atom stereocenters. The van der Waals surface area contributed by atoms with E-state index < -0.39 is 43.4 Å². The van der Waals surface area contributed by atoms with Crippen molar-refractivity contribution in [2.24, 2.45) is 0 Å². The first-order valence-electron chi connectivity index (χ1n) is 9.82. The number of sulfonamides is 1. The van der Waals surface area contributed by atoms with E-state index in [1.54, 1.807) is 24.3 Å². The molecular formula is C23H24N2O8S. The number of hydrogen-bond acceptors (Lipinski definition) is 8. The van der Waals surface area contributed by atoms with Crippen LogP contribution in [0.2, 0.25) is 0 Å². The fraction of sp³-hybridized carbons (Fsp3) is 0.217. The van der Waals surface area contributed by atoms with Gasteiger partial charge < -0.3 is 9.47 Å². The summed E-state index contributed by atoms with van der Waals surface area (Å²) < 4.78 is 38.7. The Labute approximate surface area is 197 Å². The molecule has 10 nitrogen and oxygen atoms in total. The molecule has 0 bridgehead atoms. The molecule has 0 fully saturated rings. The minimum atomic E-state index is -4.54. The van der Waals surface area contributed by atoms with Crippen LogP contribution in [0, 0.1) is 17.0 Å². The number of nitro benzene ring substituents is 1. The summed E-state index contributed by atoms with van der Waals surface area (Å²) in [5.74, 6) is -1.93. The van der Waals surface area contributed by atoms with Gasteiger partial charge in [0.05, 0.1) is 41.5 Å². The normalized spacial score (nSPS) is 11.7. The molecule has 0 aromatic heterocycles. The Morgan fingerprint density at radius 1 is 1.18 bits per heavy atom. The van der Waals surface area contributed by atoms with Gasteiger partial charge in [0.2, 0.25) is 10.0 Å². The van der Waals surface area contributed by atoms with E-state index in [1.807, 2.05) is 6.92 Å². The van der Waals surface area contributed by atoms with Gasteiger partial charge in [0, 0.05) is 6.07 Å². The van der Waals surface area contributed by atoms with Crippen LogP contribution in [-0.4, -0.2) is 39.5 Å². The highest BCUT2D eigenvalue weighted by atomic mass is 32.2. The Bertz CT molecular complexity index is 1270. The lowest BCUT2D eigenvalue weighted by molar-refractivity contribution is -0.385. The summed E-state index contributed by atoms with van der Waals surface area (Å²) in [4.78, 5) is 35.1. The molecule has 34 heavy (non-hydrogen) atoms. The summed E-state index contributed by atoms with van der Waals surface area (Å²) in [6, 6.07) is 8.10. The molecule has 2 aromatic rings. The maximum atomic E-state index is 13.5. The summed E-state index contributed by atoms with van der Waals surface area (Å²) in [5.41, 5.74) is -0.113. The van der Waals surface area contributed by atoms with Crippen molar-refractivity contribution in [3.05, 3.63) is 93.6 Å². The molecule has 0 amide bonds. The Hall–Kier alpha value is -3.99. The van der Waals surface area contributed by atoms with Crippen LogP contribution >= 0.6 is 0 Å². The van der Waals surface area contributed by atoms with Crippen LogP contribution in [-0.2, 0) is 30.7 Å². The fourth-order valence-electron chi connectivity index (χ4n) is 3.31. The van der Waals surface area contributed by atoms with Gasteiger partial charge in [-0.15, -0.1) is 6.58 Å². The topological polar surface area (TPSA) is 142 Å². The van der Waals surface area contributed by atoms with Gasteiger partial charge in [-0.1, -0.05) is 30.4 Å². The third kappa shape index (κ3) is 5.67. The lowest BCUT2D eigenvalue weighted by Gasteiger charge is -2.21. The van der Waals surface area contributed by atoms with Crippen LogP contribution in [0.3, 0.4) is 0 Å². The van der Waals surface area contributed by atoms with Crippen molar-refractivity contribution in [1.29, 1.82) is 0 Å². The lowest BCUT2D eigenvalue weighted by Crippen LogP contribution is -2.27. The van der Waals surface area contributed by atoms with Gasteiger partial charge in [-0.2, -0.15) is 0 Å². The zero-order chi connectivity index (χ0) is 25.6. The number of carbonyl (C=O) groups is 2. The highest BCUT2D eigenvalue weighted by molar-refractivity contribution is 7.93. The molecule has 0 radical (unpaired) electrons. The highest BCUT2D eigenvalue weighted by Gasteiger charge is 2.39. The van der Waals surface area contributed by atoms with E-state index in [4.69, 9.17) is 0 Å². The molecule has 1 N–H and O–H groups in total. The number of carbonyl (C=O) groups excluding carboxylic acids is 2. The van der Waals surface area contributed by atoms with E-state index in [-0.39, 0.29) is 16.8 Å². The Balaban J connectivity index is 2.73. The number of anilines is 1. The van der Waals surface area contributed by atoms with Gasteiger partial charge in [-0.05, 0) is 37.1 Å². The first kappa shape index (κ1) is 26.3. The van der Waals surface area contributed by atoms with E-state index in [9.17, 15) is 28.1 Å². The van der Waals surface area contributed by atoms with Gasteiger partial charge in [-0.25, -0.2) is 18.0 Å². The fourth-order valence-corrected chi connectivity index (χ4v) is 4.94. The molecule has 0 heterocycles. The summed E-state index contributed by atoms with van der Waals surface area (Å²) in [6.07, 6.45) is 1.93. The smallest absolute Gasteiger partial charge is 0.338 e. The Morgan fingerprint density at radius 2 is 1.85 bits per heavy atom. The second kappa shape index (κ2) is 10.8. The maximum absolute atomic E-state index is 13.5. The molecule has 0 saturated heterocycles. The standard InChI is InChI=1S/C23H24N2O8S/c1-6-7-16-12-14(2)8-11-19(16)24-34(30,31)21(15(3)22(26)32-4)18-10-9-17(23(27)33-5)13-20(18)25(28)29/h6,8-13,21,24H,1,3,7H2,2,4-5H3. The minimum Gasteiger partial charge on any atom is -0.466 e. The van der Waals surface area contributed by atoms with Crippen molar-refractivity contribution in [2.75, 3.05) is 18.9 Å². The number of ether oxygens (including phenoxy) is 2. The van der Waals surface area contributed by atoms with Crippen molar-refractivity contribution in [3.63, 3.8) is 0 Å². The van der Waals surface area contributed by atoms with Crippen molar-refractivity contribution in [3.8, 4) is 0 Å². The average molecular weight is 489 g/mol. The summed E-state index contributed by atoms with van der Waals surface area (Å²) >= 11 is 0. The second-order valence-corrected chi connectivity index (χ2v) is 8.99. The Kier molecular flexibility index (Phi) is 8.31. The zero-order valence-corrected chi connectivity index (χ0v) is 19.7. The molecule has 2 rings (SSSR count). The number of benzene rings is 2. The first-order chi connectivity index (χ1) is 16.0. The molecule has 180 valence electrons. The molecule has 0 spiro atoms. The van der Waals surface area contributed by atoms with Crippen LogP contribution < -0.4 is 4.72 Å². The summed E-state index contributed by atoms with van der Waals surface area (Å²) in [5, 5.41) is 9.90. The van der Waals surface area contributed by atoms with E-state index in [1.165, 1.54) is 0 Å². The third-order valence-corrected chi connectivity index (χ3v) is 6.55. The van der Waals surface area contributed by atoms with Crippen LogP contribution in [0.1, 0.15) is 32.3 Å². The number of rotatable bonds is 10. The summed E-state index contributed by atoms with van der Waals surface area (Å²) in [7, 11) is -2.41. The molecule has 2 aromatic carbocycles. The number of hydrogen-bond donors (Lipinski definition) is 1. The zero-order valence-electron chi connectivity index (χ0n) is 18.9. The van der Waals surface area contributed by atoms with Crippen molar-refractivity contribution in [1.82, 2.24) is 0 Å². The van der Waals surface area contributed by atoms with Gasteiger partial charge in [0.1, 0.15) is 5.25 Å². The lowest BCUT2D eigenvalue weighted by atomic mass is 10.0. The number of methoxy groups -OCH3 is 2. The second-order valence-electron chi connectivity index (χ2n) is 7.22. The molecular weight excluding hydrogens is 464 g/mol. The average Bonchev–Trinajstić information content (AvgIpc) is 2.79. The van der Waals surface area contributed by atoms with E-state index in [0.29, 0.717) is 12.0 Å². The number of nitro groups is 1. The van der Waals surface area contributed by atoms with Gasteiger partial charge in [-0.3, -0.25) is 14.8 Å². The van der Waals surface area contributed by atoms with E-state index in [2.05, 4.69) is 27.4 Å². The number of allylic oxidation sites excluding steroid dienone is 1. The molecule has 1 atom stereocenters. The third-order valence-electron chi connectivity index (χ3n) is 4.88. The largest absolute Gasteiger partial charge is 0.466 e. The van der Waals surface area contributed by atoms with Crippen molar-refractivity contribution < 1.29 is 32.4 Å². The number of nitrogens with zero attached hydrogens (tertiary/aromatic N) is 1. The Morgan fingerprint density at radius 3 is 2.41 bits per heavy atom. The molecule has 0 aliphatic heterocycles. The minimum absolute atomic E-state index is 0.169. The quantitative estimate of drug-likeness (QED) is 0.176. The van der Waals surface area contributed by atoms with Gasteiger partial charge in [0.15, 0.2) is 0 Å². The van der Waals surface area contributed by atoms with Crippen LogP contribution in [0.25, 0.3) is 0 Å². The van der Waals surface area contributed by atoms with Gasteiger partial charge in [0.25, 0.3) is 5.69 Å². The SMILES string of the molecule is C=CCc1cc(C)ccc1NS(=O)(=O)C(C(=C)C(=O)OC)c1ccc(C(=O)OC)cc1[N+](=O)[O-]. The maximum Gasteiger partial charge on any atom is 0.338 e. The van der Waals surface area contributed by atoms with Crippen LogP contribution in [0.15, 0.2) is 61.2 Å². The first-order valence-corrected chi connectivity index (χ1v) is 11.4. The monoisotopic (exact) mass is 488 g/mol. The van der Waals surface area contributed by atoms with E-state index >= 15 is 0 Å². The van der Waals surface area contributed by atoms with Crippen molar-refractivity contribution >= 4 is 33.3 Å². The molecule has 0 aliphatic rings. The van der Waals surface area contributed by atoms with E-state index in [0.717, 1.165) is 38.0 Å². The highest BCUT2D eigenvalue weighted by Crippen LogP contribution is 2.38. The molecule has 0 saturated carbocycles. The molecule has 0 aliphatic carbocycles. The predicted molar refractivity (Wildman–Crippen MR) is 126 cm³/mol. The number of aryl methyl sites for hydroxylation is 1. The van der Waals surface area contributed by atoms with Crippen molar-refractivity contribution in [2.45, 2.75) is 18.6 Å². The number of nitrogens with one attached hydrogen (secondary N) is 1. The van der Waals surface area contributed by atoms with Crippen LogP contribution in [0.5, 0.6) is 0 Å². The van der Waals surface area contributed by atoms with Crippen LogP contribution in [0.4, 0.5) is 11.4 Å². The molecule has 11 heteroatoms. The number of esters is 2. The predicted octanol–water partition coefficient (Wildman–Crippen LogP) is 3.63.